The van der Waals surface area contributed by atoms with Gasteiger partial charge < -0.3 is 19.1 Å². The molecular formula is C17H23F3N2O5S. The van der Waals surface area contributed by atoms with Crippen LogP contribution in [-0.4, -0.2) is 83.0 Å². The zero-order chi connectivity index (χ0) is 20.2. The molecule has 2 aliphatic heterocycles. The van der Waals surface area contributed by atoms with E-state index >= 15 is 0 Å². The second-order valence-electron chi connectivity index (χ2n) is 6.57. The Hall–Kier alpha value is -1.56. The summed E-state index contributed by atoms with van der Waals surface area (Å²) in [6.07, 6.45) is -3.85. The summed E-state index contributed by atoms with van der Waals surface area (Å²) in [7, 11) is -3.64. The summed E-state index contributed by atoms with van der Waals surface area (Å²) in [5, 5.41) is 0. The number of benzene rings is 1. The molecule has 0 spiro atoms. The summed E-state index contributed by atoms with van der Waals surface area (Å²) < 4.78 is 78.6. The molecule has 3 rings (SSSR count). The number of fused-ring (bicyclic) bond motifs is 1. The molecule has 0 aliphatic carbocycles. The van der Waals surface area contributed by atoms with Crippen LogP contribution in [0.25, 0.3) is 0 Å². The van der Waals surface area contributed by atoms with E-state index in [1.807, 2.05) is 4.90 Å². The van der Waals surface area contributed by atoms with Crippen LogP contribution in [0.3, 0.4) is 0 Å². The molecule has 158 valence electrons. The SMILES string of the molecule is O=S(=O)(c1ccc2c(c1)OCCO2)N1CCN(CCCOCC(F)(F)F)CC1. The van der Waals surface area contributed by atoms with Gasteiger partial charge in [0.15, 0.2) is 11.5 Å². The van der Waals surface area contributed by atoms with Crippen molar-refractivity contribution < 1.29 is 35.8 Å². The van der Waals surface area contributed by atoms with E-state index in [9.17, 15) is 21.6 Å². The molecule has 2 heterocycles. The maximum Gasteiger partial charge on any atom is 0.411 e. The molecular weight excluding hydrogens is 401 g/mol. The highest BCUT2D eigenvalue weighted by molar-refractivity contribution is 7.89. The summed E-state index contributed by atoms with van der Waals surface area (Å²) in [4.78, 5) is 2.18. The molecule has 0 bridgehead atoms. The Bertz CT molecular complexity index is 765. The van der Waals surface area contributed by atoms with Crippen LogP contribution in [0.15, 0.2) is 23.1 Å². The third-order valence-corrected chi connectivity index (χ3v) is 6.41. The van der Waals surface area contributed by atoms with E-state index < -0.39 is 22.8 Å². The fraction of sp³-hybridized carbons (Fsp3) is 0.647. The van der Waals surface area contributed by atoms with E-state index in [2.05, 4.69) is 4.74 Å². The fourth-order valence-corrected chi connectivity index (χ4v) is 4.54. The van der Waals surface area contributed by atoms with Gasteiger partial charge in [-0.05, 0) is 18.6 Å². The third kappa shape index (κ3) is 5.49. The van der Waals surface area contributed by atoms with Crippen LogP contribution in [0, 0.1) is 0 Å². The lowest BCUT2D eigenvalue weighted by Gasteiger charge is -2.34. The first-order valence-corrected chi connectivity index (χ1v) is 10.5. The molecule has 0 radical (unpaired) electrons. The summed E-state index contributed by atoms with van der Waals surface area (Å²) in [5.74, 6) is 0.951. The van der Waals surface area contributed by atoms with Crippen LogP contribution in [0.4, 0.5) is 13.2 Å². The number of rotatable bonds is 7. The topological polar surface area (TPSA) is 68.3 Å². The number of sulfonamides is 1. The number of hydrogen-bond donors (Lipinski definition) is 0. The number of ether oxygens (including phenoxy) is 3. The molecule has 11 heteroatoms. The Morgan fingerprint density at radius 1 is 1.04 bits per heavy atom. The van der Waals surface area contributed by atoms with E-state index in [0.717, 1.165) is 0 Å². The number of piperazine rings is 1. The predicted octanol–water partition coefficient (Wildman–Crippen LogP) is 1.73. The molecule has 0 unspecified atom stereocenters. The van der Waals surface area contributed by atoms with Crippen molar-refractivity contribution in [2.24, 2.45) is 0 Å². The maximum atomic E-state index is 12.9. The average molecular weight is 424 g/mol. The summed E-state index contributed by atoms with van der Waals surface area (Å²) >= 11 is 0. The van der Waals surface area contributed by atoms with Crippen LogP contribution in [-0.2, 0) is 14.8 Å². The highest BCUT2D eigenvalue weighted by Gasteiger charge is 2.30. The first-order valence-electron chi connectivity index (χ1n) is 9.02. The van der Waals surface area contributed by atoms with Crippen molar-refractivity contribution in [3.05, 3.63) is 18.2 Å². The van der Waals surface area contributed by atoms with Gasteiger partial charge in [0.05, 0.1) is 4.90 Å². The lowest BCUT2D eigenvalue weighted by molar-refractivity contribution is -0.174. The van der Waals surface area contributed by atoms with Gasteiger partial charge in [-0.25, -0.2) is 8.42 Å². The largest absolute Gasteiger partial charge is 0.486 e. The quantitative estimate of drug-likeness (QED) is 0.621. The number of nitrogens with zero attached hydrogens (tertiary/aromatic N) is 2. The lowest BCUT2D eigenvalue weighted by atomic mass is 10.3. The van der Waals surface area contributed by atoms with Crippen LogP contribution in [0.1, 0.15) is 6.42 Å². The van der Waals surface area contributed by atoms with Gasteiger partial charge in [-0.1, -0.05) is 0 Å². The van der Waals surface area contributed by atoms with Crippen molar-refractivity contribution in [1.82, 2.24) is 9.21 Å². The lowest BCUT2D eigenvalue weighted by Crippen LogP contribution is -2.48. The van der Waals surface area contributed by atoms with E-state index in [0.29, 0.717) is 63.9 Å². The van der Waals surface area contributed by atoms with E-state index in [-0.39, 0.29) is 11.5 Å². The van der Waals surface area contributed by atoms with Crippen LogP contribution in [0.2, 0.25) is 0 Å². The molecule has 0 N–H and O–H groups in total. The molecule has 0 atom stereocenters. The van der Waals surface area contributed by atoms with Crippen molar-refractivity contribution in [1.29, 1.82) is 0 Å². The van der Waals surface area contributed by atoms with Gasteiger partial charge in [0.25, 0.3) is 0 Å². The van der Waals surface area contributed by atoms with Crippen molar-refractivity contribution in [2.45, 2.75) is 17.5 Å². The predicted molar refractivity (Wildman–Crippen MR) is 94.1 cm³/mol. The minimum Gasteiger partial charge on any atom is -0.486 e. The van der Waals surface area contributed by atoms with Crippen molar-refractivity contribution in [3.8, 4) is 11.5 Å². The standard InChI is InChI=1S/C17H23F3N2O5S/c18-17(19,20)13-25-9-1-4-21-5-7-22(8-6-21)28(23,24)14-2-3-15-16(12-14)27-11-10-26-15/h2-3,12H,1,4-11,13H2. The van der Waals surface area contributed by atoms with Gasteiger partial charge in [0, 0.05) is 45.4 Å². The van der Waals surface area contributed by atoms with Gasteiger partial charge in [-0.2, -0.15) is 17.5 Å². The highest BCUT2D eigenvalue weighted by atomic mass is 32.2. The summed E-state index contributed by atoms with van der Waals surface area (Å²) in [6, 6.07) is 4.58. The highest BCUT2D eigenvalue weighted by Crippen LogP contribution is 2.33. The minimum atomic E-state index is -4.31. The molecule has 0 saturated carbocycles. The van der Waals surface area contributed by atoms with Crippen molar-refractivity contribution in [2.75, 3.05) is 59.2 Å². The van der Waals surface area contributed by atoms with Crippen molar-refractivity contribution >= 4 is 10.0 Å². The van der Waals surface area contributed by atoms with Crippen LogP contribution < -0.4 is 9.47 Å². The number of halogens is 3. The van der Waals surface area contributed by atoms with Gasteiger partial charge in [0.1, 0.15) is 19.8 Å². The number of alkyl halides is 3. The molecule has 0 amide bonds. The molecule has 2 aliphatic rings. The monoisotopic (exact) mass is 424 g/mol. The Kier molecular flexibility index (Phi) is 6.69. The first kappa shape index (κ1) is 21.2. The van der Waals surface area contributed by atoms with Crippen molar-refractivity contribution in [3.63, 3.8) is 0 Å². The zero-order valence-corrected chi connectivity index (χ0v) is 16.1. The maximum absolute atomic E-state index is 12.9. The Balaban J connectivity index is 1.47. The number of hydrogen-bond acceptors (Lipinski definition) is 6. The third-order valence-electron chi connectivity index (χ3n) is 4.51. The fourth-order valence-electron chi connectivity index (χ4n) is 3.10. The average Bonchev–Trinajstić information content (AvgIpc) is 2.67. The van der Waals surface area contributed by atoms with Crippen LogP contribution >= 0.6 is 0 Å². The molecule has 28 heavy (non-hydrogen) atoms. The van der Waals surface area contributed by atoms with Gasteiger partial charge >= 0.3 is 6.18 Å². The Labute approximate surface area is 162 Å². The Morgan fingerprint density at radius 2 is 1.71 bits per heavy atom. The molecule has 0 aromatic heterocycles. The van der Waals surface area contributed by atoms with Gasteiger partial charge in [-0.3, -0.25) is 0 Å². The normalized spacial score (nSPS) is 19.0. The molecule has 1 aromatic carbocycles. The van der Waals surface area contributed by atoms with Gasteiger partial charge in [-0.15, -0.1) is 0 Å². The first-order chi connectivity index (χ1) is 13.3. The van der Waals surface area contributed by atoms with Gasteiger partial charge in [0.2, 0.25) is 10.0 Å². The smallest absolute Gasteiger partial charge is 0.411 e. The summed E-state index contributed by atoms with van der Waals surface area (Å²) in [5.41, 5.74) is 0. The minimum absolute atomic E-state index is 0.0230. The molecule has 1 fully saturated rings. The Morgan fingerprint density at radius 3 is 2.39 bits per heavy atom. The van der Waals surface area contributed by atoms with E-state index in [4.69, 9.17) is 9.47 Å². The molecule has 7 nitrogen and oxygen atoms in total. The molecule has 1 saturated heterocycles. The summed E-state index contributed by atoms with van der Waals surface area (Å²) in [6.45, 7) is 1.83. The zero-order valence-electron chi connectivity index (χ0n) is 15.3. The van der Waals surface area contributed by atoms with Crippen LogP contribution in [0.5, 0.6) is 11.5 Å². The van der Waals surface area contributed by atoms with E-state index in [1.165, 1.54) is 16.4 Å². The second-order valence-corrected chi connectivity index (χ2v) is 8.51. The second kappa shape index (κ2) is 8.85. The molecule has 1 aromatic rings. The van der Waals surface area contributed by atoms with E-state index in [1.54, 1.807) is 6.07 Å².